The Bertz CT molecular complexity index is 658. The van der Waals surface area contributed by atoms with E-state index in [2.05, 4.69) is 5.32 Å². The highest BCUT2D eigenvalue weighted by Crippen LogP contribution is 2.18. The van der Waals surface area contributed by atoms with E-state index in [0.717, 1.165) is 0 Å². The molecule has 0 bridgehead atoms. The number of nitrogens with one attached hydrogen (secondary N) is 1. The molecule has 3 N–H and O–H groups in total. The van der Waals surface area contributed by atoms with Crippen LogP contribution in [0.25, 0.3) is 0 Å². The second-order valence-electron chi connectivity index (χ2n) is 5.62. The number of aromatic hydroxyl groups is 1. The third kappa shape index (κ3) is 5.38. The van der Waals surface area contributed by atoms with Gasteiger partial charge in [0, 0.05) is 6.04 Å². The molecule has 0 saturated heterocycles. The van der Waals surface area contributed by atoms with Crippen LogP contribution in [-0.4, -0.2) is 22.2 Å². The molecule has 23 heavy (non-hydrogen) atoms. The molecule has 0 saturated carbocycles. The summed E-state index contributed by atoms with van der Waals surface area (Å²) in [6.07, 6.45) is -0.283. The van der Waals surface area contributed by atoms with E-state index in [1.54, 1.807) is 25.1 Å². The molecular weight excluding hydrogens is 297 g/mol. The van der Waals surface area contributed by atoms with Crippen molar-refractivity contribution in [3.05, 3.63) is 65.5 Å². The maximum atomic E-state index is 12.9. The van der Waals surface area contributed by atoms with Crippen LogP contribution in [0.15, 0.2) is 48.5 Å². The van der Waals surface area contributed by atoms with Crippen LogP contribution in [0.1, 0.15) is 30.6 Å². The quantitative estimate of drug-likeness (QED) is 0.767. The van der Waals surface area contributed by atoms with Crippen LogP contribution in [0, 0.1) is 5.82 Å². The normalized spacial score (nSPS) is 13.3. The van der Waals surface area contributed by atoms with Gasteiger partial charge < -0.3 is 15.5 Å². The van der Waals surface area contributed by atoms with Gasteiger partial charge in [-0.1, -0.05) is 24.3 Å². The Morgan fingerprint density at radius 1 is 1.22 bits per heavy atom. The van der Waals surface area contributed by atoms with Gasteiger partial charge >= 0.3 is 0 Å². The number of aliphatic hydroxyl groups excluding tert-OH is 1. The van der Waals surface area contributed by atoms with Crippen molar-refractivity contribution in [3.8, 4) is 5.75 Å². The zero-order valence-corrected chi connectivity index (χ0v) is 12.9. The molecule has 122 valence electrons. The van der Waals surface area contributed by atoms with Crippen molar-refractivity contribution in [2.45, 2.75) is 31.9 Å². The van der Waals surface area contributed by atoms with Crippen LogP contribution in [-0.2, 0) is 11.2 Å². The van der Waals surface area contributed by atoms with Gasteiger partial charge in [0.15, 0.2) is 0 Å². The van der Waals surface area contributed by atoms with Crippen LogP contribution in [0.3, 0.4) is 0 Å². The zero-order chi connectivity index (χ0) is 16.8. The average Bonchev–Trinajstić information content (AvgIpc) is 2.47. The van der Waals surface area contributed by atoms with Gasteiger partial charge in [-0.2, -0.15) is 0 Å². The fourth-order valence-corrected chi connectivity index (χ4v) is 2.39. The molecule has 2 rings (SSSR count). The summed E-state index contributed by atoms with van der Waals surface area (Å²) in [6, 6.07) is 11.9. The van der Waals surface area contributed by atoms with Crippen LogP contribution < -0.4 is 5.32 Å². The summed E-state index contributed by atoms with van der Waals surface area (Å²) in [5.41, 5.74) is 1.33. The Morgan fingerprint density at radius 3 is 2.57 bits per heavy atom. The molecule has 0 fully saturated rings. The second-order valence-corrected chi connectivity index (χ2v) is 5.62. The van der Waals surface area contributed by atoms with Gasteiger partial charge in [0.2, 0.25) is 5.91 Å². The summed E-state index contributed by atoms with van der Waals surface area (Å²) < 4.78 is 12.9. The molecule has 0 radical (unpaired) electrons. The predicted molar refractivity (Wildman–Crippen MR) is 85.4 cm³/mol. The lowest BCUT2D eigenvalue weighted by Gasteiger charge is -2.18. The average molecular weight is 317 g/mol. The molecule has 5 heteroatoms. The fraction of sp³-hybridized carbons (Fsp3) is 0.278. The zero-order valence-electron chi connectivity index (χ0n) is 12.9. The minimum atomic E-state index is -0.772. The summed E-state index contributed by atoms with van der Waals surface area (Å²) in [7, 11) is 0. The lowest BCUT2D eigenvalue weighted by molar-refractivity contribution is -0.121. The molecule has 0 spiro atoms. The number of hydrogen-bond acceptors (Lipinski definition) is 3. The van der Waals surface area contributed by atoms with Crippen LogP contribution in [0.5, 0.6) is 5.75 Å². The first kappa shape index (κ1) is 17.0. The molecule has 0 aliphatic heterocycles. The van der Waals surface area contributed by atoms with E-state index in [9.17, 15) is 19.4 Å². The summed E-state index contributed by atoms with van der Waals surface area (Å²) in [5, 5.41) is 22.3. The lowest BCUT2D eigenvalue weighted by Crippen LogP contribution is -2.34. The number of phenols is 1. The van der Waals surface area contributed by atoms with Gasteiger partial charge in [0.25, 0.3) is 0 Å². The molecule has 2 aromatic carbocycles. The Labute approximate surface area is 134 Å². The second kappa shape index (κ2) is 7.74. The van der Waals surface area contributed by atoms with Crippen LogP contribution in [0.4, 0.5) is 4.39 Å². The monoisotopic (exact) mass is 317 g/mol. The van der Waals surface area contributed by atoms with E-state index in [4.69, 9.17) is 0 Å². The molecular formula is C18H20FNO3. The van der Waals surface area contributed by atoms with Gasteiger partial charge in [-0.3, -0.25) is 4.79 Å². The molecule has 0 aromatic heterocycles. The topological polar surface area (TPSA) is 69.6 Å². The molecule has 0 aliphatic rings. The number of hydrogen-bond donors (Lipinski definition) is 3. The molecule has 0 aliphatic carbocycles. The van der Waals surface area contributed by atoms with Crippen LogP contribution in [0.2, 0.25) is 0 Å². The first-order valence-electron chi connectivity index (χ1n) is 7.45. The summed E-state index contributed by atoms with van der Waals surface area (Å²) >= 11 is 0. The number of carbonyl (C=O) groups is 1. The highest BCUT2D eigenvalue weighted by Gasteiger charge is 2.15. The largest absolute Gasteiger partial charge is 0.508 e. The highest BCUT2D eigenvalue weighted by atomic mass is 19.1. The fourth-order valence-electron chi connectivity index (χ4n) is 2.39. The van der Waals surface area contributed by atoms with E-state index in [-0.39, 0.29) is 29.9 Å². The number of aliphatic hydroxyl groups is 1. The van der Waals surface area contributed by atoms with Gasteiger partial charge in [0.1, 0.15) is 11.6 Å². The van der Waals surface area contributed by atoms with Crippen LogP contribution >= 0.6 is 0 Å². The maximum absolute atomic E-state index is 12.9. The van der Waals surface area contributed by atoms with Gasteiger partial charge in [-0.25, -0.2) is 4.39 Å². The van der Waals surface area contributed by atoms with Crippen molar-refractivity contribution in [2.24, 2.45) is 0 Å². The molecule has 0 heterocycles. The van der Waals surface area contributed by atoms with E-state index < -0.39 is 6.10 Å². The third-order valence-corrected chi connectivity index (χ3v) is 3.51. The number of rotatable bonds is 6. The SMILES string of the molecule is CC(CC(O)c1ccc(F)cc1)NC(=O)Cc1cccc(O)c1. The standard InChI is InChI=1S/C18H20FNO3/c1-12(9-17(22)14-5-7-15(19)8-6-14)20-18(23)11-13-3-2-4-16(21)10-13/h2-8,10,12,17,21-22H,9,11H2,1H3,(H,20,23). The predicted octanol–water partition coefficient (Wildman–Crippen LogP) is 2.70. The van der Waals surface area contributed by atoms with Crippen molar-refractivity contribution in [1.82, 2.24) is 5.32 Å². The van der Waals surface area contributed by atoms with E-state index in [1.165, 1.54) is 30.3 Å². The van der Waals surface area contributed by atoms with Crippen molar-refractivity contribution < 1.29 is 19.4 Å². The smallest absolute Gasteiger partial charge is 0.224 e. The molecule has 2 atom stereocenters. The summed E-state index contributed by atoms with van der Waals surface area (Å²) in [6.45, 7) is 1.80. The summed E-state index contributed by atoms with van der Waals surface area (Å²) in [5.74, 6) is -0.419. The number of amides is 1. The van der Waals surface area contributed by atoms with Gasteiger partial charge in [-0.05, 0) is 48.7 Å². The Hall–Kier alpha value is -2.40. The van der Waals surface area contributed by atoms with Gasteiger partial charge in [0.05, 0.1) is 12.5 Å². The first-order valence-corrected chi connectivity index (χ1v) is 7.45. The van der Waals surface area contributed by atoms with Crippen molar-refractivity contribution in [3.63, 3.8) is 0 Å². The van der Waals surface area contributed by atoms with E-state index >= 15 is 0 Å². The van der Waals surface area contributed by atoms with Crippen molar-refractivity contribution in [2.75, 3.05) is 0 Å². The summed E-state index contributed by atoms with van der Waals surface area (Å²) in [4.78, 5) is 12.0. The van der Waals surface area contributed by atoms with E-state index in [0.29, 0.717) is 17.5 Å². The third-order valence-electron chi connectivity index (χ3n) is 3.51. The Balaban J connectivity index is 1.85. The lowest BCUT2D eigenvalue weighted by atomic mass is 10.0. The van der Waals surface area contributed by atoms with E-state index in [1.807, 2.05) is 0 Å². The molecule has 1 amide bonds. The number of carbonyl (C=O) groups excluding carboxylic acids is 1. The Kier molecular flexibility index (Phi) is 5.71. The molecule has 2 aromatic rings. The number of benzene rings is 2. The number of halogens is 1. The minimum Gasteiger partial charge on any atom is -0.508 e. The minimum absolute atomic E-state index is 0.120. The maximum Gasteiger partial charge on any atom is 0.224 e. The molecule has 2 unspecified atom stereocenters. The molecule has 4 nitrogen and oxygen atoms in total. The highest BCUT2D eigenvalue weighted by molar-refractivity contribution is 5.78. The van der Waals surface area contributed by atoms with Crippen molar-refractivity contribution in [1.29, 1.82) is 0 Å². The first-order chi connectivity index (χ1) is 10.9. The Morgan fingerprint density at radius 2 is 1.91 bits per heavy atom. The van der Waals surface area contributed by atoms with Gasteiger partial charge in [-0.15, -0.1) is 0 Å². The number of phenolic OH excluding ortho intramolecular Hbond substituents is 1. The van der Waals surface area contributed by atoms with Crippen molar-refractivity contribution >= 4 is 5.91 Å².